The molecule has 0 saturated heterocycles. The maximum atomic E-state index is 14.0. The van der Waals surface area contributed by atoms with Crippen LogP contribution in [0.15, 0.2) is 54.1 Å². The van der Waals surface area contributed by atoms with Gasteiger partial charge >= 0.3 is 6.18 Å². The van der Waals surface area contributed by atoms with Crippen LogP contribution in [0.1, 0.15) is 36.2 Å². The van der Waals surface area contributed by atoms with E-state index in [2.05, 4.69) is 21.3 Å². The quantitative estimate of drug-likeness (QED) is 0.609. The lowest BCUT2D eigenvalue weighted by Gasteiger charge is -2.41. The van der Waals surface area contributed by atoms with Gasteiger partial charge in [-0.3, -0.25) is 10.1 Å². The predicted octanol–water partition coefficient (Wildman–Crippen LogP) is 4.83. The fourth-order valence-corrected chi connectivity index (χ4v) is 4.46. The first-order valence-corrected chi connectivity index (χ1v) is 9.88. The van der Waals surface area contributed by atoms with Crippen LogP contribution in [0, 0.1) is 24.2 Å². The number of nitrogens with one attached hydrogen (secondary N) is 1. The van der Waals surface area contributed by atoms with Crippen LogP contribution in [0.25, 0.3) is 11.3 Å². The molecular formula is C23H20F3N5O. The molecule has 3 aromatic rings. The lowest BCUT2D eigenvalue weighted by atomic mass is 9.61. The van der Waals surface area contributed by atoms with E-state index in [1.54, 1.807) is 31.2 Å². The summed E-state index contributed by atoms with van der Waals surface area (Å²) in [7, 11) is 0. The van der Waals surface area contributed by atoms with Gasteiger partial charge < -0.3 is 10.5 Å². The summed E-state index contributed by atoms with van der Waals surface area (Å²) in [6, 6.07) is 10.9. The molecule has 0 aliphatic carbocycles. The van der Waals surface area contributed by atoms with Gasteiger partial charge in [-0.25, -0.2) is 0 Å². The number of alkyl halides is 3. The number of pyridine rings is 1. The minimum absolute atomic E-state index is 0.0378. The molecule has 1 aromatic carbocycles. The van der Waals surface area contributed by atoms with Crippen molar-refractivity contribution in [1.29, 1.82) is 5.26 Å². The third kappa shape index (κ3) is 3.11. The number of hydrogen-bond acceptors (Lipinski definition) is 5. The number of H-pyrrole nitrogens is 1. The van der Waals surface area contributed by atoms with E-state index >= 15 is 0 Å². The molecule has 3 N–H and O–H groups in total. The van der Waals surface area contributed by atoms with Gasteiger partial charge in [-0.1, -0.05) is 19.9 Å². The number of benzene rings is 1. The summed E-state index contributed by atoms with van der Waals surface area (Å²) < 4.78 is 47.4. The van der Waals surface area contributed by atoms with Crippen LogP contribution in [-0.2, 0) is 11.6 Å². The zero-order valence-electron chi connectivity index (χ0n) is 17.6. The van der Waals surface area contributed by atoms with Gasteiger partial charge in [0.05, 0.1) is 22.2 Å². The first-order valence-electron chi connectivity index (χ1n) is 9.88. The van der Waals surface area contributed by atoms with E-state index in [1.807, 2.05) is 13.8 Å². The normalized spacial score (nSPS) is 18.3. The molecule has 164 valence electrons. The average molecular weight is 439 g/mol. The van der Waals surface area contributed by atoms with Crippen molar-refractivity contribution in [2.24, 2.45) is 11.7 Å². The highest BCUT2D eigenvalue weighted by Gasteiger charge is 2.51. The largest absolute Gasteiger partial charge is 0.420 e. The average Bonchev–Trinajstić information content (AvgIpc) is 3.12. The Labute approximate surface area is 182 Å². The van der Waals surface area contributed by atoms with Crippen LogP contribution >= 0.6 is 0 Å². The Morgan fingerprint density at radius 2 is 1.97 bits per heavy atom. The molecule has 6 nitrogen and oxygen atoms in total. The molecule has 1 aliphatic heterocycles. The van der Waals surface area contributed by atoms with Crippen molar-refractivity contribution >= 4 is 0 Å². The number of aryl methyl sites for hydroxylation is 1. The third-order valence-corrected chi connectivity index (χ3v) is 5.81. The van der Waals surface area contributed by atoms with Crippen molar-refractivity contribution in [2.45, 2.75) is 32.4 Å². The Bertz CT molecular complexity index is 1250. The van der Waals surface area contributed by atoms with Crippen LogP contribution < -0.4 is 10.5 Å². The highest BCUT2D eigenvalue weighted by molar-refractivity contribution is 5.68. The van der Waals surface area contributed by atoms with Gasteiger partial charge in [0.2, 0.25) is 11.8 Å². The van der Waals surface area contributed by atoms with Crippen LogP contribution in [0.5, 0.6) is 5.88 Å². The number of allylic oxidation sites excluding steroid dienone is 1. The van der Waals surface area contributed by atoms with Gasteiger partial charge in [0.1, 0.15) is 11.6 Å². The fraction of sp³-hybridized carbons (Fsp3) is 0.261. The summed E-state index contributed by atoms with van der Waals surface area (Å²) in [5, 5.41) is 17.0. The molecule has 3 heterocycles. The fourth-order valence-electron chi connectivity index (χ4n) is 4.46. The molecular weight excluding hydrogens is 419 g/mol. The second-order valence-corrected chi connectivity index (χ2v) is 7.96. The minimum Gasteiger partial charge on any atom is -0.420 e. The first-order chi connectivity index (χ1) is 15.1. The van der Waals surface area contributed by atoms with Crippen LogP contribution in [0.2, 0.25) is 0 Å². The van der Waals surface area contributed by atoms with E-state index in [1.165, 1.54) is 6.20 Å². The lowest BCUT2D eigenvalue weighted by Crippen LogP contribution is -2.41. The van der Waals surface area contributed by atoms with Crippen molar-refractivity contribution in [1.82, 2.24) is 15.2 Å². The third-order valence-electron chi connectivity index (χ3n) is 5.81. The molecule has 1 atom stereocenters. The van der Waals surface area contributed by atoms with Crippen molar-refractivity contribution < 1.29 is 17.9 Å². The van der Waals surface area contributed by atoms with E-state index in [-0.39, 0.29) is 34.4 Å². The first kappa shape index (κ1) is 21.4. The molecule has 0 bridgehead atoms. The number of nitrogens with two attached hydrogens (primary N) is 1. The topological polar surface area (TPSA) is 101 Å². The smallest absolute Gasteiger partial charge is 0.416 e. The maximum Gasteiger partial charge on any atom is 0.416 e. The molecule has 9 heteroatoms. The molecule has 1 aliphatic rings. The van der Waals surface area contributed by atoms with E-state index in [0.717, 1.165) is 12.1 Å². The molecule has 0 amide bonds. The van der Waals surface area contributed by atoms with Gasteiger partial charge in [0.25, 0.3) is 0 Å². The predicted molar refractivity (Wildman–Crippen MR) is 111 cm³/mol. The van der Waals surface area contributed by atoms with Gasteiger partial charge in [0.15, 0.2) is 0 Å². The molecule has 0 saturated carbocycles. The van der Waals surface area contributed by atoms with Crippen LogP contribution in [0.3, 0.4) is 0 Å². The molecule has 32 heavy (non-hydrogen) atoms. The zero-order valence-corrected chi connectivity index (χ0v) is 17.6. The Morgan fingerprint density at radius 1 is 1.22 bits per heavy atom. The Hall–Kier alpha value is -3.80. The Morgan fingerprint density at radius 3 is 2.56 bits per heavy atom. The number of nitrogens with zero attached hydrogens (tertiary/aromatic N) is 3. The summed E-state index contributed by atoms with van der Waals surface area (Å²) in [5.41, 5.74) is 5.95. The van der Waals surface area contributed by atoms with Gasteiger partial charge in [-0.15, -0.1) is 5.10 Å². The number of ether oxygens (including phenoxy) is 1. The van der Waals surface area contributed by atoms with Crippen LogP contribution in [0.4, 0.5) is 13.2 Å². The summed E-state index contributed by atoms with van der Waals surface area (Å²) in [4.78, 5) is 4.22. The van der Waals surface area contributed by atoms with Crippen LogP contribution in [-0.4, -0.2) is 15.2 Å². The number of nitriles is 1. The molecule has 0 spiro atoms. The van der Waals surface area contributed by atoms with E-state index in [9.17, 15) is 18.4 Å². The van der Waals surface area contributed by atoms with E-state index < -0.39 is 17.2 Å². The second kappa shape index (κ2) is 7.41. The minimum atomic E-state index is -4.61. The summed E-state index contributed by atoms with van der Waals surface area (Å²) in [6.07, 6.45) is -3.10. The van der Waals surface area contributed by atoms with Crippen molar-refractivity contribution in [3.63, 3.8) is 0 Å². The van der Waals surface area contributed by atoms with Gasteiger partial charge in [-0.05, 0) is 48.7 Å². The molecule has 0 fully saturated rings. The van der Waals surface area contributed by atoms with Crippen molar-refractivity contribution in [3.8, 4) is 23.2 Å². The molecule has 4 rings (SSSR count). The van der Waals surface area contributed by atoms with E-state index in [4.69, 9.17) is 10.5 Å². The molecule has 2 aromatic heterocycles. The number of hydrogen-bond donors (Lipinski definition) is 2. The van der Waals surface area contributed by atoms with Gasteiger partial charge in [0, 0.05) is 17.5 Å². The van der Waals surface area contributed by atoms with Crippen molar-refractivity contribution in [3.05, 3.63) is 76.4 Å². The maximum absolute atomic E-state index is 14.0. The lowest BCUT2D eigenvalue weighted by molar-refractivity contribution is -0.137. The SMILES string of the molecule is Cc1[nH]nc2c1C(c1cc(-c3ccccn3)cc(C(F)(F)F)c1)(C(C)C)C(C#N)=C(N)O2. The van der Waals surface area contributed by atoms with Crippen molar-refractivity contribution in [2.75, 3.05) is 0 Å². The monoisotopic (exact) mass is 439 g/mol. The Kier molecular flexibility index (Phi) is 4.96. The molecule has 0 radical (unpaired) electrons. The number of aromatic nitrogens is 3. The number of fused-ring (bicyclic) bond motifs is 1. The summed E-state index contributed by atoms with van der Waals surface area (Å²) in [5.74, 6) is -0.406. The standard InChI is InChI=1S/C23H20F3N5O/c1-12(2)22(17(11-27)20(28)32-21-19(22)13(3)30-31-21)15-8-14(18-6-4-5-7-29-18)9-16(10-15)23(24,25)26/h4-10,12H,28H2,1-3H3,(H,30,31). The highest BCUT2D eigenvalue weighted by atomic mass is 19.4. The summed E-state index contributed by atoms with van der Waals surface area (Å²) >= 11 is 0. The highest BCUT2D eigenvalue weighted by Crippen LogP contribution is 2.53. The number of halogens is 3. The number of aromatic amines is 1. The van der Waals surface area contributed by atoms with E-state index in [0.29, 0.717) is 17.0 Å². The molecule has 1 unspecified atom stereocenters. The zero-order chi connectivity index (χ0) is 23.3. The van der Waals surface area contributed by atoms with Gasteiger partial charge in [-0.2, -0.15) is 18.4 Å². The second-order valence-electron chi connectivity index (χ2n) is 7.96. The summed E-state index contributed by atoms with van der Waals surface area (Å²) in [6.45, 7) is 5.38. The Balaban J connectivity index is 2.14. The number of rotatable bonds is 3.